The van der Waals surface area contributed by atoms with Crippen LogP contribution < -0.4 is 4.90 Å². The third-order valence-corrected chi connectivity index (χ3v) is 8.69. The van der Waals surface area contributed by atoms with Crippen LogP contribution in [0.15, 0.2) is 162 Å². The highest BCUT2D eigenvalue weighted by molar-refractivity contribution is 6.24. The lowest BCUT2D eigenvalue weighted by atomic mass is 9.94. The highest BCUT2D eigenvalue weighted by Gasteiger charge is 2.23. The number of rotatable bonds is 4. The van der Waals surface area contributed by atoms with Gasteiger partial charge in [0.15, 0.2) is 11.4 Å². The molecule has 0 aliphatic rings. The highest BCUT2D eigenvalue weighted by atomic mass is 16.3. The van der Waals surface area contributed by atoms with E-state index in [1.54, 1.807) is 0 Å². The van der Waals surface area contributed by atoms with Crippen LogP contribution >= 0.6 is 0 Å². The fourth-order valence-electron chi connectivity index (χ4n) is 6.64. The molecule has 3 nitrogen and oxygen atoms in total. The molecule has 206 valence electrons. The molecule has 9 aromatic rings. The predicted octanol–water partition coefficient (Wildman–Crippen LogP) is 11.6. The van der Waals surface area contributed by atoms with Crippen molar-refractivity contribution in [3.8, 4) is 11.1 Å². The van der Waals surface area contributed by atoms with E-state index in [2.05, 4.69) is 132 Å². The molecule has 0 bridgehead atoms. The Hall–Kier alpha value is -5.93. The second kappa shape index (κ2) is 9.82. The zero-order chi connectivity index (χ0) is 29.0. The zero-order valence-electron chi connectivity index (χ0n) is 23.8. The molecule has 0 aliphatic carbocycles. The van der Waals surface area contributed by atoms with Crippen molar-refractivity contribution in [1.82, 2.24) is 4.98 Å². The summed E-state index contributed by atoms with van der Waals surface area (Å²) in [5.74, 6) is 0.760. The molecule has 44 heavy (non-hydrogen) atoms. The lowest BCUT2D eigenvalue weighted by Gasteiger charge is -2.27. The van der Waals surface area contributed by atoms with E-state index < -0.39 is 0 Å². The van der Waals surface area contributed by atoms with E-state index in [-0.39, 0.29) is 0 Å². The summed E-state index contributed by atoms with van der Waals surface area (Å²) < 4.78 is 6.57. The van der Waals surface area contributed by atoms with Crippen LogP contribution in [0.5, 0.6) is 0 Å². The second-order valence-corrected chi connectivity index (χ2v) is 11.2. The van der Waals surface area contributed by atoms with Gasteiger partial charge in [0.2, 0.25) is 0 Å². The molecular formula is C41H26N2O. The number of aromatic nitrogens is 1. The van der Waals surface area contributed by atoms with E-state index in [9.17, 15) is 0 Å². The summed E-state index contributed by atoms with van der Waals surface area (Å²) in [6, 6.07) is 53.6. The third kappa shape index (κ3) is 3.80. The van der Waals surface area contributed by atoms with E-state index in [1.165, 1.54) is 38.1 Å². The van der Waals surface area contributed by atoms with Crippen LogP contribution in [0.25, 0.3) is 65.4 Å². The minimum Gasteiger partial charge on any atom is -0.452 e. The SMILES string of the molecule is c1ccc(-c2ccc(N(c3cc4ccccc4c4c3ccc3ccccc34)c3nccc4c3oc3ccccc34)cc2)cc1. The Labute approximate surface area is 254 Å². The summed E-state index contributed by atoms with van der Waals surface area (Å²) in [5.41, 5.74) is 6.03. The molecule has 0 spiro atoms. The molecule has 2 heterocycles. The molecule has 0 unspecified atom stereocenters. The van der Waals surface area contributed by atoms with Crippen LogP contribution in [-0.2, 0) is 0 Å². The molecular weight excluding hydrogens is 536 g/mol. The number of nitrogens with zero attached hydrogens (tertiary/aromatic N) is 2. The number of furan rings is 1. The normalized spacial score (nSPS) is 11.6. The topological polar surface area (TPSA) is 29.3 Å². The van der Waals surface area contributed by atoms with Crippen molar-refractivity contribution in [1.29, 1.82) is 0 Å². The first-order valence-corrected chi connectivity index (χ1v) is 14.9. The molecule has 0 atom stereocenters. The van der Waals surface area contributed by atoms with E-state index >= 15 is 0 Å². The average Bonchev–Trinajstić information content (AvgIpc) is 3.48. The number of pyridine rings is 1. The fourth-order valence-corrected chi connectivity index (χ4v) is 6.64. The van der Waals surface area contributed by atoms with Crippen molar-refractivity contribution in [2.45, 2.75) is 0 Å². The van der Waals surface area contributed by atoms with Crippen LogP contribution in [0, 0.1) is 0 Å². The van der Waals surface area contributed by atoms with Gasteiger partial charge in [0.05, 0.1) is 5.69 Å². The van der Waals surface area contributed by atoms with Gasteiger partial charge in [-0.15, -0.1) is 0 Å². The van der Waals surface area contributed by atoms with Crippen LogP contribution in [0.4, 0.5) is 17.2 Å². The molecule has 3 heteroatoms. The van der Waals surface area contributed by atoms with E-state index in [1.807, 2.05) is 30.5 Å². The second-order valence-electron chi connectivity index (χ2n) is 11.2. The Morgan fingerprint density at radius 1 is 0.477 bits per heavy atom. The third-order valence-electron chi connectivity index (χ3n) is 8.69. The fraction of sp³-hybridized carbons (Fsp3) is 0. The molecule has 7 aromatic carbocycles. The van der Waals surface area contributed by atoms with Gasteiger partial charge in [-0.05, 0) is 68.4 Å². The maximum Gasteiger partial charge on any atom is 0.181 e. The molecule has 0 radical (unpaired) electrons. The molecule has 0 saturated heterocycles. The minimum absolute atomic E-state index is 0.760. The molecule has 0 N–H and O–H groups in total. The van der Waals surface area contributed by atoms with Gasteiger partial charge in [-0.25, -0.2) is 4.98 Å². The quantitative estimate of drug-likeness (QED) is 0.200. The van der Waals surface area contributed by atoms with Gasteiger partial charge < -0.3 is 4.42 Å². The van der Waals surface area contributed by atoms with Gasteiger partial charge in [0, 0.05) is 28.0 Å². The summed E-state index contributed by atoms with van der Waals surface area (Å²) >= 11 is 0. The van der Waals surface area contributed by atoms with Gasteiger partial charge >= 0.3 is 0 Å². The van der Waals surface area contributed by atoms with Crippen LogP contribution in [-0.4, -0.2) is 4.98 Å². The highest BCUT2D eigenvalue weighted by Crippen LogP contribution is 2.46. The van der Waals surface area contributed by atoms with Gasteiger partial charge in [0.1, 0.15) is 5.58 Å². The van der Waals surface area contributed by atoms with Gasteiger partial charge in [0.25, 0.3) is 0 Å². The zero-order valence-corrected chi connectivity index (χ0v) is 23.8. The maximum absolute atomic E-state index is 6.57. The molecule has 0 amide bonds. The van der Waals surface area contributed by atoms with Crippen LogP contribution in [0.1, 0.15) is 0 Å². The molecule has 0 fully saturated rings. The predicted molar refractivity (Wildman–Crippen MR) is 184 cm³/mol. The number of hydrogen-bond donors (Lipinski definition) is 0. The Bertz CT molecular complexity index is 2480. The van der Waals surface area contributed by atoms with Crippen LogP contribution in [0.2, 0.25) is 0 Å². The minimum atomic E-state index is 0.760. The number of para-hydroxylation sites is 1. The Kier molecular flexibility index (Phi) is 5.50. The van der Waals surface area contributed by atoms with Gasteiger partial charge in [-0.1, -0.05) is 121 Å². The smallest absolute Gasteiger partial charge is 0.181 e. The first kappa shape index (κ1) is 24.6. The molecule has 2 aromatic heterocycles. The van der Waals surface area contributed by atoms with E-state index in [0.29, 0.717) is 0 Å². The van der Waals surface area contributed by atoms with Crippen molar-refractivity contribution >= 4 is 71.4 Å². The summed E-state index contributed by atoms with van der Waals surface area (Å²) in [7, 11) is 0. The number of hydrogen-bond acceptors (Lipinski definition) is 3. The number of benzene rings is 7. The first-order chi connectivity index (χ1) is 21.8. The standard InChI is InChI=1S/C41H26N2O/c1-2-10-27(11-3-1)28-18-21-31(22-19-28)43(41-40-35(24-25-42-41)34-16-8-9-17-38(34)44-40)37-26-30-13-5-7-15-33(30)39-32-14-6-4-12-29(32)20-23-36(37)39/h1-26H. The Balaban J connectivity index is 1.38. The van der Waals surface area contributed by atoms with E-state index in [4.69, 9.17) is 9.40 Å². The van der Waals surface area contributed by atoms with E-state index in [0.717, 1.165) is 44.5 Å². The average molecular weight is 563 g/mol. The summed E-state index contributed by atoms with van der Waals surface area (Å²) in [6.07, 6.45) is 1.89. The lowest BCUT2D eigenvalue weighted by molar-refractivity contribution is 0.667. The first-order valence-electron chi connectivity index (χ1n) is 14.9. The lowest BCUT2D eigenvalue weighted by Crippen LogP contribution is -2.12. The molecule has 9 rings (SSSR count). The van der Waals surface area contributed by atoms with Crippen LogP contribution in [0.3, 0.4) is 0 Å². The van der Waals surface area contributed by atoms with Gasteiger partial charge in [-0.3, -0.25) is 4.90 Å². The van der Waals surface area contributed by atoms with Crippen molar-refractivity contribution in [2.24, 2.45) is 0 Å². The van der Waals surface area contributed by atoms with Gasteiger partial charge in [-0.2, -0.15) is 0 Å². The maximum atomic E-state index is 6.57. The van der Waals surface area contributed by atoms with Crippen molar-refractivity contribution in [3.05, 3.63) is 158 Å². The number of fused-ring (bicyclic) bond motifs is 8. The largest absolute Gasteiger partial charge is 0.452 e. The summed E-state index contributed by atoms with van der Waals surface area (Å²) in [6.45, 7) is 0. The molecule has 0 aliphatic heterocycles. The molecule has 0 saturated carbocycles. The summed E-state index contributed by atoms with van der Waals surface area (Å²) in [4.78, 5) is 7.28. The van der Waals surface area contributed by atoms with Crippen molar-refractivity contribution in [3.63, 3.8) is 0 Å². The monoisotopic (exact) mass is 562 g/mol. The Morgan fingerprint density at radius 2 is 1.14 bits per heavy atom. The Morgan fingerprint density at radius 3 is 1.95 bits per heavy atom. The van der Waals surface area contributed by atoms with Crippen molar-refractivity contribution in [2.75, 3.05) is 4.90 Å². The number of anilines is 3. The van der Waals surface area contributed by atoms with Crippen molar-refractivity contribution < 1.29 is 4.42 Å². The summed E-state index contributed by atoms with van der Waals surface area (Å²) in [5, 5.41) is 9.39.